The summed E-state index contributed by atoms with van der Waals surface area (Å²) in [5, 5.41) is 10.7. The second-order valence-corrected chi connectivity index (χ2v) is 34.4. The van der Waals surface area contributed by atoms with Crippen molar-refractivity contribution in [3.05, 3.63) is 0 Å². The fourth-order valence-corrected chi connectivity index (χ4v) is 14.8. The van der Waals surface area contributed by atoms with E-state index in [0.29, 0.717) is 31.6 Å². The molecule has 5 atom stereocenters. The van der Waals surface area contributed by atoms with Crippen molar-refractivity contribution in [3.8, 4) is 0 Å². The van der Waals surface area contributed by atoms with Crippen molar-refractivity contribution in [2.45, 2.75) is 471 Å². The number of carbonyl (C=O) groups is 4. The lowest BCUT2D eigenvalue weighted by molar-refractivity contribution is -0.161. The average molecular weight is 1520 g/mol. The van der Waals surface area contributed by atoms with Crippen LogP contribution >= 0.6 is 15.6 Å². The number of ether oxygens (including phenoxy) is 4. The Kier molecular flexibility index (Phi) is 75.0. The molecule has 0 fully saturated rings. The number of rotatable bonds is 84. The smallest absolute Gasteiger partial charge is 0.462 e. The highest BCUT2D eigenvalue weighted by atomic mass is 31.2. The molecule has 0 amide bonds. The topological polar surface area (TPSA) is 237 Å². The maximum Gasteiger partial charge on any atom is 0.472 e. The molecule has 0 aliphatic heterocycles. The van der Waals surface area contributed by atoms with Gasteiger partial charge in [-0.05, 0) is 37.5 Å². The van der Waals surface area contributed by atoms with E-state index < -0.39 is 97.5 Å². The molecule has 0 rings (SSSR count). The normalized spacial score (nSPS) is 13.8. The number of phosphoric ester groups is 2. The third-order valence-corrected chi connectivity index (χ3v) is 21.9. The van der Waals surface area contributed by atoms with Crippen LogP contribution in [-0.4, -0.2) is 96.7 Å². The summed E-state index contributed by atoms with van der Waals surface area (Å²) in [5.41, 5.74) is 0. The van der Waals surface area contributed by atoms with E-state index in [2.05, 4.69) is 41.5 Å². The fraction of sp³-hybridized carbons (Fsp3) is 0.953. The first-order valence-corrected chi connectivity index (χ1v) is 47.0. The number of aliphatic hydroxyl groups excluding tert-OH is 1. The van der Waals surface area contributed by atoms with Crippen molar-refractivity contribution in [2.75, 3.05) is 39.6 Å². The van der Waals surface area contributed by atoms with Gasteiger partial charge < -0.3 is 33.8 Å². The molecule has 0 aromatic heterocycles. The van der Waals surface area contributed by atoms with Crippen molar-refractivity contribution in [3.63, 3.8) is 0 Å². The summed E-state index contributed by atoms with van der Waals surface area (Å²) in [6, 6.07) is 0. The molecule has 0 aliphatic rings. The van der Waals surface area contributed by atoms with E-state index >= 15 is 0 Å². The van der Waals surface area contributed by atoms with Gasteiger partial charge in [0.25, 0.3) is 0 Å². The Hall–Kier alpha value is -1.94. The van der Waals surface area contributed by atoms with Crippen molar-refractivity contribution in [1.29, 1.82) is 0 Å². The molecule has 0 aromatic carbocycles. The Morgan fingerprint density at radius 2 is 0.442 bits per heavy atom. The minimum absolute atomic E-state index is 0.106. The SMILES string of the molecule is CCCCCCCCCCCCCCCCCCCCCCCCC(=O)O[C@H](COC(=O)CCCCCCCCCCCCCCCCCCCCC(C)C)COP(=O)(O)OC[C@@H](O)COP(=O)(O)OC[C@@H](COC(=O)CCCCCCCCCC(C)C)OC(=O)CCCCCCCCCCCCC. The third kappa shape index (κ3) is 78.2. The molecule has 17 nitrogen and oxygen atoms in total. The molecule has 0 heterocycles. The molecular formula is C85H166O17P2. The number of phosphoric acid groups is 2. The van der Waals surface area contributed by atoms with Gasteiger partial charge in [-0.3, -0.25) is 37.3 Å². The Balaban J connectivity index is 5.18. The summed E-state index contributed by atoms with van der Waals surface area (Å²) in [5.74, 6) is -0.578. The summed E-state index contributed by atoms with van der Waals surface area (Å²) in [6.07, 6.45) is 68.3. The van der Waals surface area contributed by atoms with Crippen molar-refractivity contribution < 1.29 is 80.2 Å². The van der Waals surface area contributed by atoms with Crippen LogP contribution in [0.3, 0.4) is 0 Å². The first-order chi connectivity index (χ1) is 50.4. The first-order valence-electron chi connectivity index (χ1n) is 44.0. The molecule has 0 bridgehead atoms. The van der Waals surface area contributed by atoms with Crippen LogP contribution in [-0.2, 0) is 65.4 Å². The maximum atomic E-state index is 13.1. The Morgan fingerprint density at radius 3 is 0.654 bits per heavy atom. The first kappa shape index (κ1) is 102. The van der Waals surface area contributed by atoms with E-state index in [1.165, 1.54) is 263 Å². The molecule has 618 valence electrons. The largest absolute Gasteiger partial charge is 0.472 e. The van der Waals surface area contributed by atoms with Gasteiger partial charge in [-0.25, -0.2) is 9.13 Å². The minimum Gasteiger partial charge on any atom is -0.462 e. The molecule has 0 aliphatic carbocycles. The average Bonchev–Trinajstić information content (AvgIpc) is 0.905. The van der Waals surface area contributed by atoms with Gasteiger partial charge in [-0.2, -0.15) is 0 Å². The summed E-state index contributed by atoms with van der Waals surface area (Å²) in [7, 11) is -9.92. The van der Waals surface area contributed by atoms with Crippen molar-refractivity contribution in [2.24, 2.45) is 11.8 Å². The standard InChI is InChI=1S/C85H166O17P2/c1-7-9-11-13-15-17-19-20-21-22-23-24-25-26-31-34-37-41-45-51-58-64-70-85(90)101-80(73-95-82(87)67-61-55-49-43-40-36-33-30-28-27-29-32-35-39-42-47-53-59-65-77(3)4)75-99-103(91,92)97-71-79(86)72-98-104(93,94)100-76-81(74-96-83(88)68-62-56-52-46-48-54-60-66-78(5)6)102-84(89)69-63-57-50-44-38-18-16-14-12-10-8-2/h77-81,86H,7-76H2,1-6H3,(H,91,92)(H,93,94)/t79-,80-,81-/m1/s1. The van der Waals surface area contributed by atoms with E-state index in [-0.39, 0.29) is 25.7 Å². The number of aliphatic hydroxyl groups is 1. The molecule has 0 saturated carbocycles. The molecular weight excluding hydrogens is 1350 g/mol. The summed E-state index contributed by atoms with van der Waals surface area (Å²) >= 11 is 0. The lowest BCUT2D eigenvalue weighted by Crippen LogP contribution is -2.30. The lowest BCUT2D eigenvalue weighted by atomic mass is 10.0. The van der Waals surface area contributed by atoms with Crippen LogP contribution in [0.2, 0.25) is 0 Å². The van der Waals surface area contributed by atoms with E-state index in [4.69, 9.17) is 37.0 Å². The van der Waals surface area contributed by atoms with Gasteiger partial charge >= 0.3 is 39.5 Å². The van der Waals surface area contributed by atoms with Gasteiger partial charge in [0.05, 0.1) is 26.4 Å². The zero-order chi connectivity index (χ0) is 76.4. The predicted molar refractivity (Wildman–Crippen MR) is 428 cm³/mol. The van der Waals surface area contributed by atoms with Crippen LogP contribution in [0.25, 0.3) is 0 Å². The van der Waals surface area contributed by atoms with Gasteiger partial charge in [0.2, 0.25) is 0 Å². The van der Waals surface area contributed by atoms with Crippen LogP contribution in [0.1, 0.15) is 452 Å². The number of carbonyl (C=O) groups excluding carboxylic acids is 4. The van der Waals surface area contributed by atoms with Crippen LogP contribution in [0.15, 0.2) is 0 Å². The van der Waals surface area contributed by atoms with Crippen molar-refractivity contribution >= 4 is 39.5 Å². The van der Waals surface area contributed by atoms with Gasteiger partial charge in [0, 0.05) is 25.7 Å². The molecule has 0 saturated heterocycles. The molecule has 0 aromatic rings. The van der Waals surface area contributed by atoms with Crippen molar-refractivity contribution in [1.82, 2.24) is 0 Å². The second kappa shape index (κ2) is 76.4. The highest BCUT2D eigenvalue weighted by Gasteiger charge is 2.30. The number of unbranched alkanes of at least 4 members (excludes halogenated alkanes) is 54. The summed E-state index contributed by atoms with van der Waals surface area (Å²) in [6.45, 7) is 9.63. The number of esters is 4. The van der Waals surface area contributed by atoms with Crippen LogP contribution in [0.4, 0.5) is 0 Å². The maximum absolute atomic E-state index is 13.1. The third-order valence-electron chi connectivity index (χ3n) is 20.0. The highest BCUT2D eigenvalue weighted by molar-refractivity contribution is 7.47. The van der Waals surface area contributed by atoms with E-state index in [1.54, 1.807) is 0 Å². The van der Waals surface area contributed by atoms with Crippen LogP contribution < -0.4 is 0 Å². The summed E-state index contributed by atoms with van der Waals surface area (Å²) < 4.78 is 68.8. The molecule has 104 heavy (non-hydrogen) atoms. The summed E-state index contributed by atoms with van der Waals surface area (Å²) in [4.78, 5) is 73.1. The minimum atomic E-state index is -4.96. The Bertz CT molecular complexity index is 1990. The Morgan fingerprint density at radius 1 is 0.260 bits per heavy atom. The van der Waals surface area contributed by atoms with Gasteiger partial charge in [-0.15, -0.1) is 0 Å². The molecule has 3 N–H and O–H groups in total. The molecule has 0 radical (unpaired) electrons. The van der Waals surface area contributed by atoms with Crippen LogP contribution in [0, 0.1) is 11.8 Å². The molecule has 2 unspecified atom stereocenters. The monoisotopic (exact) mass is 1520 g/mol. The van der Waals surface area contributed by atoms with Crippen LogP contribution in [0.5, 0.6) is 0 Å². The predicted octanol–water partition coefficient (Wildman–Crippen LogP) is 25.8. The van der Waals surface area contributed by atoms with Gasteiger partial charge in [0.1, 0.15) is 19.3 Å². The quantitative estimate of drug-likeness (QED) is 0.0222. The molecule has 0 spiro atoms. The van der Waals surface area contributed by atoms with E-state index in [0.717, 1.165) is 102 Å². The van der Waals surface area contributed by atoms with Gasteiger partial charge in [0.15, 0.2) is 12.2 Å². The van der Waals surface area contributed by atoms with E-state index in [9.17, 15) is 43.2 Å². The zero-order valence-electron chi connectivity index (χ0n) is 68.3. The zero-order valence-corrected chi connectivity index (χ0v) is 70.1. The number of hydrogen-bond donors (Lipinski definition) is 3. The fourth-order valence-electron chi connectivity index (χ4n) is 13.2. The second-order valence-electron chi connectivity index (χ2n) is 31.5. The highest BCUT2D eigenvalue weighted by Crippen LogP contribution is 2.45. The number of hydrogen-bond acceptors (Lipinski definition) is 15. The van der Waals surface area contributed by atoms with E-state index in [1.807, 2.05) is 0 Å². The van der Waals surface area contributed by atoms with Gasteiger partial charge in [-0.1, -0.05) is 401 Å². The lowest BCUT2D eigenvalue weighted by Gasteiger charge is -2.21. The Labute approximate surface area is 638 Å². The molecule has 19 heteroatoms.